The quantitative estimate of drug-likeness (QED) is 0.230. The summed E-state index contributed by atoms with van der Waals surface area (Å²) in [7, 11) is 0. The molecule has 0 heterocycles. The summed E-state index contributed by atoms with van der Waals surface area (Å²) in [6.07, 6.45) is 2.45. The second-order valence-electron chi connectivity index (χ2n) is 5.57. The van der Waals surface area contributed by atoms with Crippen LogP contribution in [-0.2, 0) is 16.1 Å². The number of ketones is 1. The molecule has 0 unspecified atom stereocenters. The lowest BCUT2D eigenvalue weighted by atomic mass is 10.1. The molecule has 2 aromatic carbocycles. The summed E-state index contributed by atoms with van der Waals surface area (Å²) in [6, 6.07) is 11.0. The van der Waals surface area contributed by atoms with Crippen LogP contribution in [0.15, 0.2) is 48.5 Å². The van der Waals surface area contributed by atoms with E-state index < -0.39 is 10.9 Å². The van der Waals surface area contributed by atoms with Crippen LogP contribution in [-0.4, -0.2) is 23.3 Å². The molecule has 0 aliphatic carbocycles. The largest absolute Gasteiger partial charge is 0.493 e. The molecule has 7 nitrogen and oxygen atoms in total. The summed E-state index contributed by atoms with van der Waals surface area (Å²) >= 11 is 0. The van der Waals surface area contributed by atoms with Gasteiger partial charge in [0.2, 0.25) is 0 Å². The summed E-state index contributed by atoms with van der Waals surface area (Å²) in [5.74, 6) is -0.247. The van der Waals surface area contributed by atoms with Crippen LogP contribution in [0.3, 0.4) is 0 Å². The van der Waals surface area contributed by atoms with Crippen LogP contribution < -0.4 is 4.74 Å². The summed E-state index contributed by atoms with van der Waals surface area (Å²) in [6.45, 7) is 3.61. The van der Waals surface area contributed by atoms with Crippen molar-refractivity contribution >= 4 is 23.5 Å². The number of ether oxygens (including phenoxy) is 2. The number of carbonyl (C=O) groups excluding carboxylic acids is 2. The number of hydrogen-bond donors (Lipinski definition) is 0. The highest BCUT2D eigenvalue weighted by molar-refractivity contribution is 5.94. The molecule has 0 aliphatic heterocycles. The molecule has 7 heteroatoms. The van der Waals surface area contributed by atoms with E-state index in [4.69, 9.17) is 9.47 Å². The van der Waals surface area contributed by atoms with Crippen molar-refractivity contribution in [3.05, 3.63) is 75.3 Å². The van der Waals surface area contributed by atoms with E-state index in [2.05, 4.69) is 0 Å². The molecule has 0 amide bonds. The molecular formula is C20H19NO6. The maximum atomic E-state index is 12.0. The summed E-state index contributed by atoms with van der Waals surface area (Å²) in [5, 5.41) is 11.0. The first-order chi connectivity index (χ1) is 12.9. The SMILES string of the molecule is CCOc1ccc(C(C)=O)cc1COC(=O)C=Cc1ccccc1[N+](=O)[O-]. The molecule has 27 heavy (non-hydrogen) atoms. The third kappa shape index (κ3) is 5.50. The first kappa shape index (κ1) is 19.8. The van der Waals surface area contributed by atoms with E-state index in [0.29, 0.717) is 29.0 Å². The Bertz CT molecular complexity index is 888. The predicted molar refractivity (Wildman–Crippen MR) is 99.5 cm³/mol. The van der Waals surface area contributed by atoms with Crippen molar-refractivity contribution < 1.29 is 24.0 Å². The van der Waals surface area contributed by atoms with Crippen molar-refractivity contribution in [2.24, 2.45) is 0 Å². The number of nitrogens with zero attached hydrogens (tertiary/aromatic N) is 1. The van der Waals surface area contributed by atoms with Crippen LogP contribution in [0.5, 0.6) is 5.75 Å². The maximum absolute atomic E-state index is 12.0. The fourth-order valence-corrected chi connectivity index (χ4v) is 2.36. The number of nitro benzene ring substituents is 1. The van der Waals surface area contributed by atoms with E-state index >= 15 is 0 Å². The highest BCUT2D eigenvalue weighted by Gasteiger charge is 2.12. The lowest BCUT2D eigenvalue weighted by Gasteiger charge is -2.11. The van der Waals surface area contributed by atoms with E-state index in [1.807, 2.05) is 6.92 Å². The van der Waals surface area contributed by atoms with Gasteiger partial charge in [-0.1, -0.05) is 12.1 Å². The van der Waals surface area contributed by atoms with Gasteiger partial charge in [0.15, 0.2) is 5.78 Å². The van der Waals surface area contributed by atoms with Crippen molar-refractivity contribution in [2.45, 2.75) is 20.5 Å². The molecule has 0 atom stereocenters. The van der Waals surface area contributed by atoms with Gasteiger partial charge >= 0.3 is 5.97 Å². The zero-order chi connectivity index (χ0) is 19.8. The van der Waals surface area contributed by atoms with E-state index in [-0.39, 0.29) is 18.1 Å². The molecular weight excluding hydrogens is 350 g/mol. The molecule has 0 radical (unpaired) electrons. The number of carbonyl (C=O) groups is 2. The summed E-state index contributed by atoms with van der Waals surface area (Å²) < 4.78 is 10.7. The molecule has 0 fully saturated rings. The van der Waals surface area contributed by atoms with Crippen LogP contribution in [0.1, 0.15) is 35.3 Å². The number of rotatable bonds is 8. The minimum Gasteiger partial charge on any atom is -0.493 e. The molecule has 0 aromatic heterocycles. The third-order valence-electron chi connectivity index (χ3n) is 3.67. The Hall–Kier alpha value is -3.48. The predicted octanol–water partition coefficient (Wildman–Crippen LogP) is 3.95. The van der Waals surface area contributed by atoms with Gasteiger partial charge in [-0.2, -0.15) is 0 Å². The highest BCUT2D eigenvalue weighted by atomic mass is 16.6. The zero-order valence-corrected chi connectivity index (χ0v) is 15.0. The van der Waals surface area contributed by atoms with Crippen molar-refractivity contribution in [3.63, 3.8) is 0 Å². The van der Waals surface area contributed by atoms with E-state index in [0.717, 1.165) is 6.08 Å². The Labute approximate surface area is 156 Å². The molecule has 0 saturated carbocycles. The number of hydrogen-bond acceptors (Lipinski definition) is 6. The average Bonchev–Trinajstić information content (AvgIpc) is 2.65. The Morgan fingerprint density at radius 3 is 2.59 bits per heavy atom. The number of Topliss-reactive ketones (excluding diaryl/α,β-unsaturated/α-hetero) is 1. The molecule has 0 aliphatic rings. The molecule has 2 rings (SSSR count). The first-order valence-electron chi connectivity index (χ1n) is 8.27. The van der Waals surface area contributed by atoms with Crippen molar-refractivity contribution in [1.29, 1.82) is 0 Å². The van der Waals surface area contributed by atoms with Gasteiger partial charge in [-0.25, -0.2) is 4.79 Å². The van der Waals surface area contributed by atoms with Gasteiger partial charge in [0.25, 0.3) is 5.69 Å². The zero-order valence-electron chi connectivity index (χ0n) is 15.0. The van der Waals surface area contributed by atoms with Crippen molar-refractivity contribution in [3.8, 4) is 5.75 Å². The smallest absolute Gasteiger partial charge is 0.331 e. The number of nitro groups is 1. The van der Waals surface area contributed by atoms with Crippen molar-refractivity contribution in [1.82, 2.24) is 0 Å². The maximum Gasteiger partial charge on any atom is 0.331 e. The molecule has 0 saturated heterocycles. The average molecular weight is 369 g/mol. The Kier molecular flexibility index (Phi) is 6.82. The van der Waals surface area contributed by atoms with Crippen LogP contribution in [0, 0.1) is 10.1 Å². The molecule has 0 spiro atoms. The molecule has 2 aromatic rings. The topological polar surface area (TPSA) is 95.7 Å². The third-order valence-corrected chi connectivity index (χ3v) is 3.67. The van der Waals surface area contributed by atoms with Crippen LogP contribution in [0.4, 0.5) is 5.69 Å². The van der Waals surface area contributed by atoms with Gasteiger partial charge in [-0.3, -0.25) is 14.9 Å². The second-order valence-corrected chi connectivity index (χ2v) is 5.57. The number of esters is 1. The summed E-state index contributed by atoms with van der Waals surface area (Å²) in [5.41, 5.74) is 1.25. The van der Waals surface area contributed by atoms with Gasteiger partial charge < -0.3 is 9.47 Å². The van der Waals surface area contributed by atoms with Gasteiger partial charge in [-0.05, 0) is 44.2 Å². The Morgan fingerprint density at radius 2 is 1.93 bits per heavy atom. The van der Waals surface area contributed by atoms with E-state index in [9.17, 15) is 19.7 Å². The highest BCUT2D eigenvalue weighted by Crippen LogP contribution is 2.22. The second kappa shape index (κ2) is 9.28. The van der Waals surface area contributed by atoms with Gasteiger partial charge in [0, 0.05) is 23.3 Å². The molecule has 140 valence electrons. The Balaban J connectivity index is 2.10. The minimum atomic E-state index is -0.663. The van der Waals surface area contributed by atoms with Gasteiger partial charge in [0.1, 0.15) is 12.4 Å². The molecule has 0 N–H and O–H groups in total. The van der Waals surface area contributed by atoms with Gasteiger partial charge in [0.05, 0.1) is 17.1 Å². The standard InChI is InChI=1S/C20H19NO6/c1-3-26-19-10-8-16(14(2)22)12-17(19)13-27-20(23)11-9-15-6-4-5-7-18(15)21(24)25/h4-12H,3,13H2,1-2H3. The van der Waals surface area contributed by atoms with E-state index in [1.165, 1.54) is 25.1 Å². The monoisotopic (exact) mass is 369 g/mol. The minimum absolute atomic E-state index is 0.0868. The van der Waals surface area contributed by atoms with Crippen molar-refractivity contribution in [2.75, 3.05) is 6.61 Å². The van der Waals surface area contributed by atoms with Gasteiger partial charge in [-0.15, -0.1) is 0 Å². The Morgan fingerprint density at radius 1 is 1.19 bits per heavy atom. The van der Waals surface area contributed by atoms with Crippen LogP contribution in [0.25, 0.3) is 6.08 Å². The normalized spacial score (nSPS) is 10.6. The fourth-order valence-electron chi connectivity index (χ4n) is 2.36. The molecule has 0 bridgehead atoms. The number of benzene rings is 2. The van der Waals surface area contributed by atoms with E-state index in [1.54, 1.807) is 30.3 Å². The fraction of sp³-hybridized carbons (Fsp3) is 0.200. The lowest BCUT2D eigenvalue weighted by molar-refractivity contribution is -0.385. The number of para-hydroxylation sites is 1. The lowest BCUT2D eigenvalue weighted by Crippen LogP contribution is -2.05. The first-order valence-corrected chi connectivity index (χ1v) is 8.27. The summed E-state index contributed by atoms with van der Waals surface area (Å²) in [4.78, 5) is 34.0. The van der Waals surface area contributed by atoms with Crippen LogP contribution in [0.2, 0.25) is 0 Å². The van der Waals surface area contributed by atoms with Crippen LogP contribution >= 0.6 is 0 Å².